The van der Waals surface area contributed by atoms with Gasteiger partial charge in [-0.1, -0.05) is 0 Å². The molecule has 0 amide bonds. The van der Waals surface area contributed by atoms with Crippen molar-refractivity contribution in [2.24, 2.45) is 11.8 Å². The largest absolute Gasteiger partial charge is 0.393 e. The van der Waals surface area contributed by atoms with Crippen molar-refractivity contribution in [3.63, 3.8) is 0 Å². The summed E-state index contributed by atoms with van der Waals surface area (Å²) in [6.45, 7) is 3.90. The van der Waals surface area contributed by atoms with E-state index >= 15 is 0 Å². The van der Waals surface area contributed by atoms with Crippen molar-refractivity contribution >= 4 is 12.4 Å². The van der Waals surface area contributed by atoms with Crippen LogP contribution in [0.1, 0.15) is 25.7 Å². The number of nitrogens with one attached hydrogen (secondary N) is 1. The predicted octanol–water partition coefficient (Wildman–Crippen LogP) is 2.68. The number of rotatable bonds is 2. The first kappa shape index (κ1) is 16.1. The molecule has 0 saturated carbocycles. The molecule has 0 aromatic heterocycles. The fourth-order valence-corrected chi connectivity index (χ4v) is 2.93. The van der Waals surface area contributed by atoms with Gasteiger partial charge in [-0.3, -0.25) is 0 Å². The van der Waals surface area contributed by atoms with E-state index in [2.05, 4.69) is 5.32 Å². The fourth-order valence-electron chi connectivity index (χ4n) is 2.93. The molecule has 18 heavy (non-hydrogen) atoms. The summed E-state index contributed by atoms with van der Waals surface area (Å²) in [4.78, 5) is 2.01. The lowest BCUT2D eigenvalue weighted by Gasteiger charge is -2.36. The third-order valence-corrected chi connectivity index (χ3v) is 3.88. The summed E-state index contributed by atoms with van der Waals surface area (Å²) in [5.74, 6) is -0.566. The molecule has 2 aliphatic heterocycles. The van der Waals surface area contributed by atoms with Crippen LogP contribution in [0.3, 0.4) is 0 Å². The molecule has 2 aliphatic rings. The quantitative estimate of drug-likeness (QED) is 0.840. The smallest absolute Gasteiger partial charge is 0.316 e. The molecule has 2 rings (SSSR count). The van der Waals surface area contributed by atoms with E-state index in [1.165, 1.54) is 0 Å². The summed E-state index contributed by atoms with van der Waals surface area (Å²) >= 11 is 0. The maximum absolute atomic E-state index is 12.7. The van der Waals surface area contributed by atoms with Crippen molar-refractivity contribution in [2.75, 3.05) is 32.7 Å². The van der Waals surface area contributed by atoms with Crippen LogP contribution in [0.2, 0.25) is 0 Å². The Bertz CT molecular complexity index is 242. The number of alkyl halides is 3. The first-order valence-electron chi connectivity index (χ1n) is 6.55. The lowest BCUT2D eigenvalue weighted by atomic mass is 9.94. The van der Waals surface area contributed by atoms with Crippen molar-refractivity contribution in [2.45, 2.75) is 31.9 Å². The van der Waals surface area contributed by atoms with E-state index in [-0.39, 0.29) is 19.0 Å². The monoisotopic (exact) mass is 286 g/mol. The van der Waals surface area contributed by atoms with Gasteiger partial charge in [-0.2, -0.15) is 13.2 Å². The normalized spacial score (nSPS) is 30.8. The lowest BCUT2D eigenvalue weighted by Crippen LogP contribution is -2.45. The number of piperidine rings is 2. The molecule has 0 spiro atoms. The zero-order valence-electron chi connectivity index (χ0n) is 10.5. The molecule has 2 atom stereocenters. The number of hydrogen-bond donors (Lipinski definition) is 1. The van der Waals surface area contributed by atoms with Gasteiger partial charge >= 0.3 is 6.18 Å². The summed E-state index contributed by atoms with van der Waals surface area (Å²) in [5, 5.41) is 3.32. The molecule has 2 heterocycles. The lowest BCUT2D eigenvalue weighted by molar-refractivity contribution is -0.187. The van der Waals surface area contributed by atoms with Crippen molar-refractivity contribution in [3.8, 4) is 0 Å². The molecule has 2 saturated heterocycles. The van der Waals surface area contributed by atoms with Gasteiger partial charge in [0.1, 0.15) is 0 Å². The minimum atomic E-state index is -4.01. The average molecular weight is 287 g/mol. The second kappa shape index (κ2) is 6.96. The fraction of sp³-hybridized carbons (Fsp3) is 1.00. The molecule has 0 aromatic rings. The minimum Gasteiger partial charge on any atom is -0.316 e. The number of hydrogen-bond acceptors (Lipinski definition) is 2. The Kier molecular flexibility index (Phi) is 6.21. The predicted molar refractivity (Wildman–Crippen MR) is 68.1 cm³/mol. The van der Waals surface area contributed by atoms with E-state index in [4.69, 9.17) is 0 Å². The van der Waals surface area contributed by atoms with Gasteiger partial charge < -0.3 is 10.2 Å². The Morgan fingerprint density at radius 1 is 1.17 bits per heavy atom. The van der Waals surface area contributed by atoms with Gasteiger partial charge in [0.2, 0.25) is 0 Å². The Hall–Kier alpha value is -0.0000000000000000416. The van der Waals surface area contributed by atoms with Crippen LogP contribution in [0.15, 0.2) is 0 Å². The van der Waals surface area contributed by atoms with Gasteiger partial charge in [0, 0.05) is 13.1 Å². The van der Waals surface area contributed by atoms with Crippen LogP contribution in [0.25, 0.3) is 0 Å². The van der Waals surface area contributed by atoms with Crippen molar-refractivity contribution in [3.05, 3.63) is 0 Å². The SMILES string of the molecule is Cl.FC(F)(F)C1CCCN(CC2CCCNC2)C1. The molecule has 2 nitrogen and oxygen atoms in total. The van der Waals surface area contributed by atoms with Crippen LogP contribution < -0.4 is 5.32 Å². The topological polar surface area (TPSA) is 15.3 Å². The Morgan fingerprint density at radius 2 is 1.94 bits per heavy atom. The summed E-state index contributed by atoms with van der Waals surface area (Å²) in [6, 6.07) is 0. The van der Waals surface area contributed by atoms with Crippen LogP contribution in [-0.2, 0) is 0 Å². The molecule has 6 heteroatoms. The molecule has 0 aliphatic carbocycles. The summed E-state index contributed by atoms with van der Waals surface area (Å²) < 4.78 is 38.0. The number of likely N-dealkylation sites (tertiary alicyclic amines) is 1. The highest BCUT2D eigenvalue weighted by atomic mass is 35.5. The summed E-state index contributed by atoms with van der Waals surface area (Å²) in [6.07, 6.45) is -0.710. The van der Waals surface area contributed by atoms with Gasteiger partial charge in [-0.25, -0.2) is 0 Å². The van der Waals surface area contributed by atoms with Crippen LogP contribution in [0, 0.1) is 11.8 Å². The Labute approximate surface area is 113 Å². The number of halogens is 4. The minimum absolute atomic E-state index is 0. The van der Waals surface area contributed by atoms with E-state index < -0.39 is 12.1 Å². The first-order chi connectivity index (χ1) is 8.05. The number of nitrogens with zero attached hydrogens (tertiary/aromatic N) is 1. The molecule has 2 fully saturated rings. The summed E-state index contributed by atoms with van der Waals surface area (Å²) in [7, 11) is 0. The van der Waals surface area contributed by atoms with E-state index in [9.17, 15) is 13.2 Å². The van der Waals surface area contributed by atoms with Crippen LogP contribution in [0.5, 0.6) is 0 Å². The maximum Gasteiger partial charge on any atom is 0.393 e. The second-order valence-electron chi connectivity index (χ2n) is 5.35. The third-order valence-electron chi connectivity index (χ3n) is 3.88. The average Bonchev–Trinajstić information content (AvgIpc) is 2.29. The van der Waals surface area contributed by atoms with Gasteiger partial charge in [-0.05, 0) is 51.2 Å². The van der Waals surface area contributed by atoms with E-state index in [1.54, 1.807) is 0 Å². The molecule has 108 valence electrons. The summed E-state index contributed by atoms with van der Waals surface area (Å²) in [5.41, 5.74) is 0. The molecule has 0 aromatic carbocycles. The van der Waals surface area contributed by atoms with Crippen LogP contribution in [0.4, 0.5) is 13.2 Å². The molecule has 0 radical (unpaired) electrons. The third kappa shape index (κ3) is 4.59. The highest BCUT2D eigenvalue weighted by Gasteiger charge is 2.41. The maximum atomic E-state index is 12.7. The van der Waals surface area contributed by atoms with Crippen LogP contribution >= 0.6 is 12.4 Å². The van der Waals surface area contributed by atoms with Gasteiger partial charge in [0.05, 0.1) is 5.92 Å². The van der Waals surface area contributed by atoms with Gasteiger partial charge in [-0.15, -0.1) is 12.4 Å². The van der Waals surface area contributed by atoms with Gasteiger partial charge in [0.15, 0.2) is 0 Å². The highest BCUT2D eigenvalue weighted by Crippen LogP contribution is 2.33. The van der Waals surface area contributed by atoms with Crippen molar-refractivity contribution in [1.29, 1.82) is 0 Å². The Morgan fingerprint density at radius 3 is 2.56 bits per heavy atom. The van der Waals surface area contributed by atoms with E-state index in [0.717, 1.165) is 39.0 Å². The van der Waals surface area contributed by atoms with Crippen LogP contribution in [-0.4, -0.2) is 43.8 Å². The zero-order valence-corrected chi connectivity index (χ0v) is 11.3. The highest BCUT2D eigenvalue weighted by molar-refractivity contribution is 5.85. The van der Waals surface area contributed by atoms with Crippen molar-refractivity contribution < 1.29 is 13.2 Å². The molecule has 2 unspecified atom stereocenters. The Balaban J connectivity index is 0.00000162. The molecular formula is C12H22ClF3N2. The van der Waals surface area contributed by atoms with Gasteiger partial charge in [0.25, 0.3) is 0 Å². The molecule has 0 bridgehead atoms. The second-order valence-corrected chi connectivity index (χ2v) is 5.35. The first-order valence-corrected chi connectivity index (χ1v) is 6.55. The van der Waals surface area contributed by atoms with Crippen molar-refractivity contribution in [1.82, 2.24) is 10.2 Å². The van der Waals surface area contributed by atoms with E-state index in [1.807, 2.05) is 4.90 Å². The zero-order chi connectivity index (χ0) is 12.3. The molecule has 1 N–H and O–H groups in total. The molecular weight excluding hydrogens is 265 g/mol. The standard InChI is InChI=1S/C12H21F3N2.ClH/c13-12(14,15)11-4-2-6-17(9-11)8-10-3-1-5-16-7-10;/h10-11,16H,1-9H2;1H. The van der Waals surface area contributed by atoms with E-state index in [0.29, 0.717) is 18.8 Å².